The van der Waals surface area contributed by atoms with Crippen LogP contribution in [0.5, 0.6) is 0 Å². The van der Waals surface area contributed by atoms with Crippen molar-refractivity contribution in [1.82, 2.24) is 0 Å². The summed E-state index contributed by atoms with van der Waals surface area (Å²) in [5.74, 6) is 0. The quantitative estimate of drug-likeness (QED) is 0.434. The van der Waals surface area contributed by atoms with Crippen LogP contribution in [0.25, 0.3) is 0 Å². The molecule has 0 radical (unpaired) electrons. The molecule has 0 bridgehead atoms. The van der Waals surface area contributed by atoms with E-state index < -0.39 is 18.0 Å². The second kappa shape index (κ2) is 7.49. The van der Waals surface area contributed by atoms with Crippen LogP contribution in [0.3, 0.4) is 0 Å². The molecule has 0 saturated carbocycles. The van der Waals surface area contributed by atoms with Gasteiger partial charge in [0.05, 0.1) is 0 Å². The van der Waals surface area contributed by atoms with Gasteiger partial charge in [0.25, 0.3) is 0 Å². The third-order valence-electron chi connectivity index (χ3n) is 3.72. The van der Waals surface area contributed by atoms with E-state index in [9.17, 15) is 13.0 Å². The molecule has 3 aromatic rings. The van der Waals surface area contributed by atoms with E-state index in [1.165, 1.54) is 0 Å². The molecule has 6 heteroatoms. The first-order valence-electron chi connectivity index (χ1n) is 7.46. The van der Waals surface area contributed by atoms with Crippen molar-refractivity contribution in [2.75, 3.05) is 0 Å². The fourth-order valence-corrected chi connectivity index (χ4v) is 8.01. The normalized spacial score (nSPS) is 11.7. The number of rotatable bonds is 4. The maximum absolute atomic E-state index is 12.0. The summed E-state index contributed by atoms with van der Waals surface area (Å²) in [6.07, 6.45) is 0. The molecule has 3 rings (SSSR count). The third-order valence-corrected chi connectivity index (χ3v) is 8.61. The van der Waals surface area contributed by atoms with Crippen molar-refractivity contribution in [3.63, 3.8) is 0 Å². The molecular weight excluding hydrogens is 350 g/mol. The molecular formula is C18H14NaO3PS. The van der Waals surface area contributed by atoms with E-state index in [1.807, 2.05) is 72.8 Å². The molecule has 0 unspecified atom stereocenters. The zero-order valence-corrected chi connectivity index (χ0v) is 16.8. The predicted octanol–water partition coefficient (Wildman–Crippen LogP) is 1.49. The molecule has 0 aliphatic carbocycles. The molecule has 0 aromatic heterocycles. The van der Waals surface area contributed by atoms with Crippen LogP contribution >= 0.6 is 7.92 Å². The van der Waals surface area contributed by atoms with Gasteiger partial charge in [-0.1, -0.05) is 0 Å². The zero-order valence-electron chi connectivity index (χ0n) is 13.1. The molecule has 0 heterocycles. The monoisotopic (exact) mass is 364 g/mol. The zero-order chi connectivity index (χ0) is 17.2. The average molecular weight is 364 g/mol. The second-order valence-electron chi connectivity index (χ2n) is 5.40. The van der Waals surface area contributed by atoms with Gasteiger partial charge < -0.3 is 0 Å². The summed E-state index contributed by atoms with van der Waals surface area (Å²) < 4.78 is 34.5. The summed E-state index contributed by atoms with van der Waals surface area (Å²) in [7, 11) is -5.34. The van der Waals surface area contributed by atoms with E-state index in [0.29, 0.717) is 36.0 Å². The molecule has 0 fully saturated rings. The first-order valence-corrected chi connectivity index (χ1v) is 11.2. The van der Waals surface area contributed by atoms with Crippen LogP contribution in [-0.2, 0) is 10.1 Å². The van der Waals surface area contributed by atoms with E-state index in [2.05, 4.69) is 0 Å². The van der Waals surface area contributed by atoms with Gasteiger partial charge in [-0.25, -0.2) is 0 Å². The summed E-state index contributed by atoms with van der Waals surface area (Å²) in [6, 6.07) is 25.2. The van der Waals surface area contributed by atoms with Crippen molar-refractivity contribution in [2.45, 2.75) is 4.90 Å². The van der Waals surface area contributed by atoms with Crippen molar-refractivity contribution in [1.29, 1.82) is 0 Å². The van der Waals surface area contributed by atoms with Crippen molar-refractivity contribution in [2.24, 2.45) is 0 Å². The first-order chi connectivity index (χ1) is 11.5. The number of benzene rings is 3. The Morgan fingerprint density at radius 2 is 1.25 bits per heavy atom. The fourth-order valence-electron chi connectivity index (χ4n) is 2.73. The van der Waals surface area contributed by atoms with Crippen LogP contribution in [0.2, 0.25) is 0 Å². The Morgan fingerprint density at radius 3 is 1.71 bits per heavy atom. The van der Waals surface area contributed by atoms with Crippen LogP contribution in [0.15, 0.2) is 83.8 Å². The molecule has 0 aliphatic rings. The molecule has 3 aromatic carbocycles. The Hall–Kier alpha value is -1.00. The second-order valence-corrected chi connectivity index (χ2v) is 10.0. The summed E-state index contributed by atoms with van der Waals surface area (Å²) in [5, 5.41) is 2.78. The van der Waals surface area contributed by atoms with E-state index >= 15 is 0 Å². The minimum absolute atomic E-state index is 0.0792. The van der Waals surface area contributed by atoms with E-state index in [-0.39, 0.29) is 4.90 Å². The van der Waals surface area contributed by atoms with Gasteiger partial charge >= 0.3 is 161 Å². The Balaban J connectivity index is 2.31. The standard InChI is InChI=1S/C18H14O3PS.Na/c19-23(20,21)18-14-8-7-13-17(18)22(15-9-3-1-4-10-15)16-11-5-2-6-12-16;/h1-13H,(H,19,20,21);. The molecule has 116 valence electrons. The molecule has 1 N–H and O–H groups in total. The van der Waals surface area contributed by atoms with E-state index in [1.54, 1.807) is 6.07 Å². The molecule has 0 amide bonds. The Kier molecular flexibility index (Phi) is 5.56. The van der Waals surface area contributed by atoms with Crippen LogP contribution in [0.4, 0.5) is 0 Å². The van der Waals surface area contributed by atoms with Crippen molar-refractivity contribution in [3.8, 4) is 0 Å². The molecule has 0 aliphatic heterocycles. The van der Waals surface area contributed by atoms with Crippen LogP contribution in [-0.4, -0.2) is 40.9 Å². The summed E-state index contributed by atoms with van der Waals surface area (Å²) in [5.41, 5.74) is 0. The topological polar surface area (TPSA) is 54.4 Å². The molecule has 0 saturated heterocycles. The van der Waals surface area contributed by atoms with Gasteiger partial charge in [0, 0.05) is 0 Å². The molecule has 0 atom stereocenters. The van der Waals surface area contributed by atoms with Crippen LogP contribution in [0, 0.1) is 0 Å². The summed E-state index contributed by atoms with van der Waals surface area (Å²) in [6.45, 7) is 0. The van der Waals surface area contributed by atoms with Gasteiger partial charge in [0.15, 0.2) is 0 Å². The Labute approximate surface area is 160 Å². The fraction of sp³-hybridized carbons (Fsp3) is 0. The average Bonchev–Trinajstić information content (AvgIpc) is 2.56. The first kappa shape index (κ1) is 17.8. The van der Waals surface area contributed by atoms with Crippen LogP contribution < -0.4 is 18.7 Å². The Bertz CT molecular complexity index is 905. The van der Waals surface area contributed by atoms with Gasteiger partial charge in [0.1, 0.15) is 0 Å². The van der Waals surface area contributed by atoms with Crippen molar-refractivity contribution in [3.05, 3.63) is 78.9 Å². The Morgan fingerprint density at radius 1 is 0.750 bits per heavy atom. The number of hydrogen-bond donors (Lipinski definition) is 1. The molecule has 0 spiro atoms. The van der Waals surface area contributed by atoms with Gasteiger partial charge in [-0.2, -0.15) is 0 Å². The minimum atomic E-state index is -4.27. The van der Waals surface area contributed by atoms with Gasteiger partial charge in [-0.05, 0) is 0 Å². The predicted molar refractivity (Wildman–Crippen MR) is 100 cm³/mol. The molecule has 24 heavy (non-hydrogen) atoms. The summed E-state index contributed by atoms with van der Waals surface area (Å²) >= 11 is 0.547. The maximum atomic E-state index is 12.0. The van der Waals surface area contributed by atoms with Crippen LogP contribution in [0.1, 0.15) is 0 Å². The van der Waals surface area contributed by atoms with Crippen molar-refractivity contribution < 1.29 is 13.0 Å². The molecule has 3 nitrogen and oxygen atoms in total. The van der Waals surface area contributed by atoms with Gasteiger partial charge in [-0.15, -0.1) is 0 Å². The van der Waals surface area contributed by atoms with Gasteiger partial charge in [-0.3, -0.25) is 0 Å². The SMILES string of the molecule is O=S(=O)(O)c1[c]([Na])cccc1P(c1ccccc1)c1ccccc1. The third kappa shape index (κ3) is 3.80. The summed E-state index contributed by atoms with van der Waals surface area (Å²) in [4.78, 5) is 0.0792. The van der Waals surface area contributed by atoms with E-state index in [0.717, 1.165) is 10.6 Å². The number of hydrogen-bond acceptors (Lipinski definition) is 2. The van der Waals surface area contributed by atoms with Gasteiger partial charge in [0.2, 0.25) is 0 Å². The van der Waals surface area contributed by atoms with Crippen molar-refractivity contribution >= 4 is 64.7 Å². The van der Waals surface area contributed by atoms with E-state index in [4.69, 9.17) is 0 Å².